The molecule has 1 aromatic carbocycles. The van der Waals surface area contributed by atoms with Gasteiger partial charge in [0.15, 0.2) is 11.5 Å². The summed E-state index contributed by atoms with van der Waals surface area (Å²) in [6.07, 6.45) is -0.563. The number of phenolic OH excluding ortho intramolecular Hbond substituents is 2. The number of carbonyl (C=O) groups excluding carboxylic acids is 1. The Morgan fingerprint density at radius 3 is 2.30 bits per heavy atom. The number of phenols is 2. The highest BCUT2D eigenvalue weighted by Gasteiger charge is 2.24. The van der Waals surface area contributed by atoms with E-state index in [1.54, 1.807) is 0 Å². The standard InChI is InChI=1S/C14H18N2O7/c15-8(2-4-12(19)20)13(21)16-9(14(22)23)5-7-1-3-10(17)11(18)6-7/h1,3,6,8-9,17-18H,2,4-5,15H2,(H,16,21)(H,19,20)(H,22,23)/t8-,9?/m0/s1. The maximum Gasteiger partial charge on any atom is 0.326 e. The molecule has 0 radical (unpaired) electrons. The predicted octanol–water partition coefficient (Wildman–Crippen LogP) is -0.598. The van der Waals surface area contributed by atoms with Gasteiger partial charge in [0.2, 0.25) is 5.91 Å². The lowest BCUT2D eigenvalue weighted by atomic mass is 10.0. The molecule has 0 heterocycles. The zero-order chi connectivity index (χ0) is 17.6. The molecule has 23 heavy (non-hydrogen) atoms. The molecule has 1 aromatic rings. The van der Waals surface area contributed by atoms with Crippen molar-refractivity contribution in [2.24, 2.45) is 5.73 Å². The summed E-state index contributed by atoms with van der Waals surface area (Å²) in [6, 6.07) is 1.34. The van der Waals surface area contributed by atoms with Crippen LogP contribution in [0.25, 0.3) is 0 Å². The van der Waals surface area contributed by atoms with Crippen LogP contribution in [0.15, 0.2) is 18.2 Å². The summed E-state index contributed by atoms with van der Waals surface area (Å²) < 4.78 is 0. The largest absolute Gasteiger partial charge is 0.504 e. The Labute approximate surface area is 131 Å². The highest BCUT2D eigenvalue weighted by molar-refractivity contribution is 5.87. The first kappa shape index (κ1) is 18.2. The van der Waals surface area contributed by atoms with E-state index in [2.05, 4.69) is 5.32 Å². The van der Waals surface area contributed by atoms with Crippen LogP contribution in [0, 0.1) is 0 Å². The molecule has 2 atom stereocenters. The van der Waals surface area contributed by atoms with Crippen molar-refractivity contribution in [2.75, 3.05) is 0 Å². The zero-order valence-corrected chi connectivity index (χ0v) is 12.1. The Balaban J connectivity index is 2.71. The fourth-order valence-corrected chi connectivity index (χ4v) is 1.82. The maximum absolute atomic E-state index is 11.8. The number of carboxylic acids is 2. The average molecular weight is 326 g/mol. The monoisotopic (exact) mass is 326 g/mol. The maximum atomic E-state index is 11.8. The van der Waals surface area contributed by atoms with E-state index in [-0.39, 0.29) is 25.0 Å². The van der Waals surface area contributed by atoms with Gasteiger partial charge >= 0.3 is 11.9 Å². The smallest absolute Gasteiger partial charge is 0.326 e. The second-order valence-electron chi connectivity index (χ2n) is 4.97. The molecule has 9 heteroatoms. The van der Waals surface area contributed by atoms with Crippen LogP contribution in [0.2, 0.25) is 0 Å². The summed E-state index contributed by atoms with van der Waals surface area (Å²) in [4.78, 5) is 33.5. The molecule has 1 unspecified atom stereocenters. The quantitative estimate of drug-likeness (QED) is 0.344. The van der Waals surface area contributed by atoms with Crippen LogP contribution >= 0.6 is 0 Å². The van der Waals surface area contributed by atoms with Crippen molar-refractivity contribution in [2.45, 2.75) is 31.3 Å². The Morgan fingerprint density at radius 1 is 1.13 bits per heavy atom. The summed E-state index contributed by atoms with van der Waals surface area (Å²) in [7, 11) is 0. The number of hydrogen-bond donors (Lipinski definition) is 6. The summed E-state index contributed by atoms with van der Waals surface area (Å²) in [5.74, 6) is -3.95. The van der Waals surface area contributed by atoms with Gasteiger partial charge < -0.3 is 31.5 Å². The van der Waals surface area contributed by atoms with Crippen molar-refractivity contribution in [1.29, 1.82) is 0 Å². The molecule has 0 saturated carbocycles. The Hall–Kier alpha value is -2.81. The Bertz CT molecular complexity index is 603. The van der Waals surface area contributed by atoms with Gasteiger partial charge in [0.05, 0.1) is 6.04 Å². The lowest BCUT2D eigenvalue weighted by molar-refractivity contribution is -0.142. The average Bonchev–Trinajstić information content (AvgIpc) is 2.47. The van der Waals surface area contributed by atoms with Gasteiger partial charge in [-0.2, -0.15) is 0 Å². The second kappa shape index (κ2) is 7.99. The van der Waals surface area contributed by atoms with Gasteiger partial charge in [0, 0.05) is 12.8 Å². The van der Waals surface area contributed by atoms with E-state index in [1.807, 2.05) is 0 Å². The van der Waals surface area contributed by atoms with Gasteiger partial charge in [-0.05, 0) is 24.1 Å². The van der Waals surface area contributed by atoms with E-state index < -0.39 is 35.7 Å². The van der Waals surface area contributed by atoms with Crippen molar-refractivity contribution >= 4 is 17.8 Å². The zero-order valence-electron chi connectivity index (χ0n) is 12.1. The highest BCUT2D eigenvalue weighted by Crippen LogP contribution is 2.25. The normalized spacial score (nSPS) is 13.1. The summed E-state index contributed by atoms with van der Waals surface area (Å²) in [5.41, 5.74) is 5.89. The fourth-order valence-electron chi connectivity index (χ4n) is 1.82. The van der Waals surface area contributed by atoms with Crippen LogP contribution < -0.4 is 11.1 Å². The summed E-state index contributed by atoms with van der Waals surface area (Å²) in [6.45, 7) is 0. The molecule has 0 aromatic heterocycles. The molecule has 7 N–H and O–H groups in total. The fraction of sp³-hybridized carbons (Fsp3) is 0.357. The van der Waals surface area contributed by atoms with Crippen LogP contribution in [0.4, 0.5) is 0 Å². The highest BCUT2D eigenvalue weighted by atomic mass is 16.4. The van der Waals surface area contributed by atoms with Gasteiger partial charge in [-0.1, -0.05) is 6.07 Å². The molecule has 0 spiro atoms. The first-order valence-electron chi connectivity index (χ1n) is 6.72. The van der Waals surface area contributed by atoms with E-state index in [9.17, 15) is 24.6 Å². The number of hydrogen-bond acceptors (Lipinski definition) is 6. The number of carbonyl (C=O) groups is 3. The minimum Gasteiger partial charge on any atom is -0.504 e. The molecule has 0 aliphatic rings. The van der Waals surface area contributed by atoms with E-state index in [4.69, 9.17) is 15.9 Å². The number of rotatable bonds is 8. The molecule has 126 valence electrons. The predicted molar refractivity (Wildman–Crippen MR) is 77.9 cm³/mol. The number of amides is 1. The number of aromatic hydroxyl groups is 2. The van der Waals surface area contributed by atoms with Gasteiger partial charge in [-0.15, -0.1) is 0 Å². The third-order valence-electron chi connectivity index (χ3n) is 3.10. The molecule has 0 saturated heterocycles. The SMILES string of the molecule is N[C@@H](CCC(=O)O)C(=O)NC(Cc1ccc(O)c(O)c1)C(=O)O. The van der Waals surface area contributed by atoms with Gasteiger partial charge in [-0.3, -0.25) is 9.59 Å². The summed E-state index contributed by atoms with van der Waals surface area (Å²) >= 11 is 0. The summed E-state index contributed by atoms with van der Waals surface area (Å²) in [5, 5.41) is 38.5. The van der Waals surface area contributed by atoms with E-state index in [1.165, 1.54) is 18.2 Å². The van der Waals surface area contributed by atoms with Gasteiger partial charge in [0.1, 0.15) is 6.04 Å². The molecule has 0 aliphatic heterocycles. The molecular formula is C14H18N2O7. The molecule has 9 nitrogen and oxygen atoms in total. The number of nitrogens with two attached hydrogens (primary N) is 1. The van der Waals surface area contributed by atoms with Crippen molar-refractivity contribution in [1.82, 2.24) is 5.32 Å². The molecule has 1 amide bonds. The topological polar surface area (TPSA) is 170 Å². The molecular weight excluding hydrogens is 308 g/mol. The number of aliphatic carboxylic acids is 2. The number of nitrogens with one attached hydrogen (secondary N) is 1. The van der Waals surface area contributed by atoms with Crippen LogP contribution in [0.1, 0.15) is 18.4 Å². The third-order valence-corrected chi connectivity index (χ3v) is 3.10. The molecule has 0 aliphatic carbocycles. The third kappa shape index (κ3) is 5.83. The van der Waals surface area contributed by atoms with E-state index in [0.29, 0.717) is 5.56 Å². The lowest BCUT2D eigenvalue weighted by Crippen LogP contribution is -2.49. The van der Waals surface area contributed by atoms with Gasteiger partial charge in [-0.25, -0.2) is 4.79 Å². The van der Waals surface area contributed by atoms with Gasteiger partial charge in [0.25, 0.3) is 0 Å². The van der Waals surface area contributed by atoms with Crippen molar-refractivity contribution in [3.05, 3.63) is 23.8 Å². The van der Waals surface area contributed by atoms with Crippen molar-refractivity contribution in [3.8, 4) is 11.5 Å². The van der Waals surface area contributed by atoms with Crippen LogP contribution in [-0.4, -0.2) is 50.4 Å². The van der Waals surface area contributed by atoms with Crippen molar-refractivity contribution < 1.29 is 34.8 Å². The van der Waals surface area contributed by atoms with Crippen molar-refractivity contribution in [3.63, 3.8) is 0 Å². The molecule has 0 fully saturated rings. The minimum atomic E-state index is -1.31. The van der Waals surface area contributed by atoms with E-state index >= 15 is 0 Å². The Kier molecular flexibility index (Phi) is 6.34. The molecule has 1 rings (SSSR count). The van der Waals surface area contributed by atoms with Crippen LogP contribution in [-0.2, 0) is 20.8 Å². The minimum absolute atomic E-state index is 0.118. The number of benzene rings is 1. The van der Waals surface area contributed by atoms with Crippen LogP contribution in [0.5, 0.6) is 11.5 Å². The Morgan fingerprint density at radius 2 is 1.78 bits per heavy atom. The first-order valence-corrected chi connectivity index (χ1v) is 6.72. The lowest BCUT2D eigenvalue weighted by Gasteiger charge is -2.17. The first-order chi connectivity index (χ1) is 10.7. The van der Waals surface area contributed by atoms with E-state index in [0.717, 1.165) is 0 Å². The van der Waals surface area contributed by atoms with Crippen LogP contribution in [0.3, 0.4) is 0 Å². The number of carboxylic acid groups (broad SMARTS) is 2. The molecule has 0 bridgehead atoms. The second-order valence-corrected chi connectivity index (χ2v) is 4.97.